The first kappa shape index (κ1) is 21.2. The molecule has 0 unspecified atom stereocenters. The van der Waals surface area contributed by atoms with Crippen LogP contribution in [0.2, 0.25) is 0 Å². The number of nitrogens with zero attached hydrogens (tertiary/aromatic N) is 2. The van der Waals surface area contributed by atoms with Gasteiger partial charge in [0.1, 0.15) is 12.3 Å². The summed E-state index contributed by atoms with van der Waals surface area (Å²) in [7, 11) is 1.68. The van der Waals surface area contributed by atoms with Crippen molar-refractivity contribution in [2.45, 2.75) is 47.1 Å². The highest BCUT2D eigenvalue weighted by molar-refractivity contribution is 6.09. The molecule has 0 bridgehead atoms. The highest BCUT2D eigenvalue weighted by atomic mass is 16.5. The van der Waals surface area contributed by atoms with E-state index in [1.54, 1.807) is 7.11 Å². The van der Waals surface area contributed by atoms with E-state index in [-0.39, 0.29) is 5.91 Å². The smallest absolute Gasteiger partial charge is 0.242 e. The Labute approximate surface area is 174 Å². The van der Waals surface area contributed by atoms with Crippen LogP contribution in [0.4, 0.5) is 0 Å². The van der Waals surface area contributed by atoms with Crippen molar-refractivity contribution in [3.8, 4) is 5.75 Å². The predicted octanol–water partition coefficient (Wildman–Crippen LogP) is 5.72. The van der Waals surface area contributed by atoms with Gasteiger partial charge in [0.25, 0.3) is 0 Å². The van der Waals surface area contributed by atoms with Gasteiger partial charge in [-0.2, -0.15) is 0 Å². The summed E-state index contributed by atoms with van der Waals surface area (Å²) >= 11 is 0. The zero-order chi connectivity index (χ0) is 21.0. The van der Waals surface area contributed by atoms with Crippen molar-refractivity contribution in [3.63, 3.8) is 0 Å². The van der Waals surface area contributed by atoms with Crippen molar-refractivity contribution >= 4 is 27.7 Å². The fourth-order valence-corrected chi connectivity index (χ4v) is 3.75. The van der Waals surface area contributed by atoms with E-state index in [9.17, 15) is 4.79 Å². The first-order chi connectivity index (χ1) is 13.9. The number of hydrogen-bond donors (Lipinski definition) is 0. The molecule has 156 valence electrons. The average Bonchev–Trinajstić information content (AvgIpc) is 3.00. The molecule has 0 aliphatic heterocycles. The highest BCUT2D eigenvalue weighted by Crippen LogP contribution is 2.31. The maximum Gasteiger partial charge on any atom is 0.242 e. The van der Waals surface area contributed by atoms with Crippen molar-refractivity contribution in [1.82, 2.24) is 9.47 Å². The van der Waals surface area contributed by atoms with Gasteiger partial charge >= 0.3 is 0 Å². The van der Waals surface area contributed by atoms with Crippen LogP contribution >= 0.6 is 0 Å². The minimum atomic E-state index is 0.191. The quantitative estimate of drug-likeness (QED) is 0.465. The van der Waals surface area contributed by atoms with Gasteiger partial charge in [-0.05, 0) is 42.9 Å². The molecule has 1 heterocycles. The third-order valence-electron chi connectivity index (χ3n) is 5.58. The molecule has 0 N–H and O–H groups in total. The summed E-state index contributed by atoms with van der Waals surface area (Å²) in [4.78, 5) is 15.4. The number of methoxy groups -OCH3 is 1. The molecule has 0 aliphatic carbocycles. The van der Waals surface area contributed by atoms with Crippen molar-refractivity contribution in [1.29, 1.82) is 0 Å². The molecule has 1 amide bonds. The van der Waals surface area contributed by atoms with E-state index in [1.807, 2.05) is 18.2 Å². The maximum absolute atomic E-state index is 13.4. The Morgan fingerprint density at radius 2 is 1.55 bits per heavy atom. The van der Waals surface area contributed by atoms with Crippen LogP contribution in [0.25, 0.3) is 21.8 Å². The lowest BCUT2D eigenvalue weighted by Crippen LogP contribution is -2.36. The van der Waals surface area contributed by atoms with E-state index in [1.165, 1.54) is 5.39 Å². The minimum Gasteiger partial charge on any atom is -0.497 e. The van der Waals surface area contributed by atoms with Gasteiger partial charge < -0.3 is 14.2 Å². The van der Waals surface area contributed by atoms with Crippen LogP contribution in [0.1, 0.15) is 40.5 Å². The molecular weight excluding hydrogens is 360 g/mol. The number of fused-ring (bicyclic) bond motifs is 3. The molecule has 0 atom stereocenters. The van der Waals surface area contributed by atoms with Gasteiger partial charge in [-0.15, -0.1) is 0 Å². The summed E-state index contributed by atoms with van der Waals surface area (Å²) in [5.74, 6) is 2.17. The second kappa shape index (κ2) is 9.34. The van der Waals surface area contributed by atoms with Crippen LogP contribution in [0.3, 0.4) is 0 Å². The Morgan fingerprint density at radius 1 is 0.931 bits per heavy atom. The number of ether oxygens (including phenoxy) is 1. The first-order valence-corrected chi connectivity index (χ1v) is 10.7. The molecule has 0 aliphatic rings. The van der Waals surface area contributed by atoms with E-state index in [4.69, 9.17) is 4.74 Å². The highest BCUT2D eigenvalue weighted by Gasteiger charge is 2.18. The molecule has 0 spiro atoms. The Morgan fingerprint density at radius 3 is 2.17 bits per heavy atom. The lowest BCUT2D eigenvalue weighted by Gasteiger charge is -2.25. The van der Waals surface area contributed by atoms with Crippen LogP contribution in [-0.2, 0) is 11.3 Å². The Kier molecular flexibility index (Phi) is 6.83. The summed E-state index contributed by atoms with van der Waals surface area (Å²) in [5.41, 5.74) is 2.14. The second-order valence-electron chi connectivity index (χ2n) is 8.73. The molecule has 0 saturated heterocycles. The van der Waals surface area contributed by atoms with Crippen LogP contribution in [0, 0.1) is 11.8 Å². The third-order valence-corrected chi connectivity index (χ3v) is 5.58. The van der Waals surface area contributed by atoms with E-state index < -0.39 is 0 Å². The number of carbonyl (C=O) groups excluding carboxylic acids is 1. The van der Waals surface area contributed by atoms with Crippen molar-refractivity contribution in [3.05, 3.63) is 42.5 Å². The first-order valence-electron chi connectivity index (χ1n) is 10.7. The molecular formula is C25H34N2O2. The SMILES string of the molecule is COc1ccc2c3ccccc3n(CC(=O)N(CCC(C)C)CCC(C)C)c2c1. The standard InChI is InChI=1S/C25H34N2O2/c1-18(2)12-14-26(15-13-19(3)4)25(28)17-27-23-9-7-6-8-21(23)22-11-10-20(29-5)16-24(22)27/h6-11,16,18-19H,12-15,17H2,1-5H3. The third kappa shape index (κ3) is 4.92. The molecule has 4 heteroatoms. The van der Waals surface area contributed by atoms with E-state index in [0.29, 0.717) is 18.4 Å². The molecule has 3 rings (SSSR count). The molecule has 3 aromatic rings. The van der Waals surface area contributed by atoms with Crippen LogP contribution < -0.4 is 4.74 Å². The Balaban J connectivity index is 1.96. The summed E-state index contributed by atoms with van der Waals surface area (Å²) in [6.07, 6.45) is 2.07. The van der Waals surface area contributed by atoms with Crippen molar-refractivity contribution < 1.29 is 9.53 Å². The van der Waals surface area contributed by atoms with Crippen LogP contribution in [0.15, 0.2) is 42.5 Å². The van der Waals surface area contributed by atoms with Crippen molar-refractivity contribution in [2.75, 3.05) is 20.2 Å². The topological polar surface area (TPSA) is 34.5 Å². The second-order valence-corrected chi connectivity index (χ2v) is 8.73. The number of amides is 1. The molecule has 0 saturated carbocycles. The molecule has 2 aromatic carbocycles. The van der Waals surface area contributed by atoms with Gasteiger partial charge in [0, 0.05) is 35.4 Å². The van der Waals surface area contributed by atoms with Gasteiger partial charge in [0.15, 0.2) is 0 Å². The molecule has 29 heavy (non-hydrogen) atoms. The zero-order valence-electron chi connectivity index (χ0n) is 18.4. The Hall–Kier alpha value is -2.49. The number of rotatable bonds is 9. The monoisotopic (exact) mass is 394 g/mol. The average molecular weight is 395 g/mol. The van der Waals surface area contributed by atoms with E-state index >= 15 is 0 Å². The number of hydrogen-bond acceptors (Lipinski definition) is 2. The summed E-state index contributed by atoms with van der Waals surface area (Å²) in [5, 5.41) is 2.33. The number of carbonyl (C=O) groups is 1. The summed E-state index contributed by atoms with van der Waals surface area (Å²) < 4.78 is 7.59. The van der Waals surface area contributed by atoms with Crippen LogP contribution in [0.5, 0.6) is 5.75 Å². The number of para-hydroxylation sites is 1. The lowest BCUT2D eigenvalue weighted by molar-refractivity contribution is -0.132. The summed E-state index contributed by atoms with van der Waals surface area (Å²) in [6, 6.07) is 14.4. The molecule has 1 aromatic heterocycles. The van der Waals surface area contributed by atoms with Gasteiger partial charge in [-0.25, -0.2) is 0 Å². The Bertz CT molecular complexity index is 960. The van der Waals surface area contributed by atoms with Gasteiger partial charge in [-0.3, -0.25) is 4.79 Å². The largest absolute Gasteiger partial charge is 0.497 e. The van der Waals surface area contributed by atoms with Crippen molar-refractivity contribution in [2.24, 2.45) is 11.8 Å². The van der Waals surface area contributed by atoms with Gasteiger partial charge in [0.2, 0.25) is 5.91 Å². The van der Waals surface area contributed by atoms with E-state index in [0.717, 1.165) is 48.1 Å². The maximum atomic E-state index is 13.4. The lowest BCUT2D eigenvalue weighted by atomic mass is 10.1. The number of benzene rings is 2. The normalized spacial score (nSPS) is 11.7. The molecule has 4 nitrogen and oxygen atoms in total. The fraction of sp³-hybridized carbons (Fsp3) is 0.480. The van der Waals surface area contributed by atoms with Crippen LogP contribution in [-0.4, -0.2) is 35.6 Å². The van der Waals surface area contributed by atoms with Gasteiger partial charge in [0.05, 0.1) is 12.6 Å². The summed E-state index contributed by atoms with van der Waals surface area (Å²) in [6.45, 7) is 10.9. The number of aromatic nitrogens is 1. The van der Waals surface area contributed by atoms with E-state index in [2.05, 4.69) is 61.4 Å². The molecule has 0 fully saturated rings. The minimum absolute atomic E-state index is 0.191. The fourth-order valence-electron chi connectivity index (χ4n) is 3.75. The molecule has 0 radical (unpaired) electrons. The van der Waals surface area contributed by atoms with Gasteiger partial charge in [-0.1, -0.05) is 45.9 Å². The predicted molar refractivity (Wildman–Crippen MR) is 121 cm³/mol. The zero-order valence-corrected chi connectivity index (χ0v) is 18.4.